The number of rotatable bonds is 4. The number of anilines is 1. The van der Waals surface area contributed by atoms with Crippen molar-refractivity contribution in [1.29, 1.82) is 0 Å². The Morgan fingerprint density at radius 3 is 2.72 bits per heavy atom. The number of nitrogens with zero attached hydrogens (tertiary/aromatic N) is 2. The summed E-state index contributed by atoms with van der Waals surface area (Å²) in [6, 6.07) is 9.85. The summed E-state index contributed by atoms with van der Waals surface area (Å²) in [7, 11) is 0. The molecule has 0 aliphatic rings. The van der Waals surface area contributed by atoms with E-state index < -0.39 is 0 Å². The molecule has 1 N–H and O–H groups in total. The van der Waals surface area contributed by atoms with E-state index in [1.807, 2.05) is 44.2 Å². The molecular weight excluding hydrogens is 226 g/mol. The first kappa shape index (κ1) is 12.4. The molecule has 0 fully saturated rings. The molecule has 4 nitrogen and oxygen atoms in total. The first-order chi connectivity index (χ1) is 8.72. The van der Waals surface area contributed by atoms with E-state index in [1.165, 1.54) is 0 Å². The van der Waals surface area contributed by atoms with Crippen molar-refractivity contribution < 1.29 is 4.52 Å². The number of benzene rings is 1. The van der Waals surface area contributed by atoms with Gasteiger partial charge in [-0.15, -0.1) is 0 Å². The van der Waals surface area contributed by atoms with Crippen LogP contribution in [-0.2, 0) is 6.42 Å². The number of nitrogens with one attached hydrogen (secondary N) is 1. The minimum Gasteiger partial charge on any atom is -0.361 e. The Morgan fingerprint density at radius 2 is 2.06 bits per heavy atom. The lowest BCUT2D eigenvalue weighted by atomic mass is 10.1. The molecule has 4 heteroatoms. The van der Waals surface area contributed by atoms with Crippen LogP contribution in [0.2, 0.25) is 0 Å². The third-order valence-corrected chi connectivity index (χ3v) is 2.76. The summed E-state index contributed by atoms with van der Waals surface area (Å²) < 4.78 is 5.20. The Balaban J connectivity index is 2.20. The van der Waals surface area contributed by atoms with E-state index in [0.29, 0.717) is 0 Å². The van der Waals surface area contributed by atoms with Gasteiger partial charge in [-0.25, -0.2) is 0 Å². The van der Waals surface area contributed by atoms with Gasteiger partial charge in [0, 0.05) is 0 Å². The van der Waals surface area contributed by atoms with Crippen molar-refractivity contribution in [2.45, 2.75) is 27.2 Å². The smallest absolute Gasteiger partial charge is 0.143 e. The fourth-order valence-corrected chi connectivity index (χ4v) is 1.84. The molecule has 0 saturated heterocycles. The Kier molecular flexibility index (Phi) is 3.77. The van der Waals surface area contributed by atoms with Gasteiger partial charge in [0.15, 0.2) is 0 Å². The molecule has 0 bridgehead atoms. The second-order valence-electron chi connectivity index (χ2n) is 4.09. The third kappa shape index (κ3) is 2.59. The largest absolute Gasteiger partial charge is 0.361 e. The predicted octanol–water partition coefficient (Wildman–Crippen LogP) is 3.38. The number of para-hydroxylation sites is 1. The molecule has 18 heavy (non-hydrogen) atoms. The van der Waals surface area contributed by atoms with Crippen LogP contribution in [0.5, 0.6) is 0 Å². The van der Waals surface area contributed by atoms with Gasteiger partial charge in [0.1, 0.15) is 5.76 Å². The molecule has 0 aliphatic carbocycles. The van der Waals surface area contributed by atoms with E-state index in [0.717, 1.165) is 34.8 Å². The standard InChI is InChI=1S/C14H17N3O/c1-4-13-14(11(3)18-17-13)10(2)15-16-12-8-6-5-7-9-12/h5-9,16H,4H2,1-3H3/b15-10+. The van der Waals surface area contributed by atoms with Crippen LogP contribution in [0.25, 0.3) is 0 Å². The highest BCUT2D eigenvalue weighted by molar-refractivity contribution is 6.00. The van der Waals surface area contributed by atoms with Crippen LogP contribution in [0.1, 0.15) is 30.9 Å². The first-order valence-corrected chi connectivity index (χ1v) is 6.03. The molecule has 0 aliphatic heterocycles. The number of aryl methyl sites for hydroxylation is 2. The fraction of sp³-hybridized carbons (Fsp3) is 0.286. The maximum atomic E-state index is 5.20. The Morgan fingerprint density at radius 1 is 1.33 bits per heavy atom. The summed E-state index contributed by atoms with van der Waals surface area (Å²) >= 11 is 0. The van der Waals surface area contributed by atoms with Crippen molar-refractivity contribution in [1.82, 2.24) is 5.16 Å². The van der Waals surface area contributed by atoms with Crippen LogP contribution in [0.3, 0.4) is 0 Å². The summed E-state index contributed by atoms with van der Waals surface area (Å²) in [6.45, 7) is 5.91. The molecule has 1 aromatic carbocycles. The van der Waals surface area contributed by atoms with Gasteiger partial charge in [-0.1, -0.05) is 30.3 Å². The molecule has 1 aromatic heterocycles. The number of aromatic nitrogens is 1. The molecule has 2 aromatic rings. The van der Waals surface area contributed by atoms with E-state index in [4.69, 9.17) is 4.52 Å². The lowest BCUT2D eigenvalue weighted by molar-refractivity contribution is 0.391. The Hall–Kier alpha value is -2.10. The molecule has 0 amide bonds. The molecule has 2 rings (SSSR count). The summed E-state index contributed by atoms with van der Waals surface area (Å²) in [6.07, 6.45) is 0.838. The number of hydrogen-bond acceptors (Lipinski definition) is 4. The lowest BCUT2D eigenvalue weighted by Gasteiger charge is -2.03. The topological polar surface area (TPSA) is 50.4 Å². The van der Waals surface area contributed by atoms with E-state index in [9.17, 15) is 0 Å². The molecule has 0 radical (unpaired) electrons. The number of hydrazone groups is 1. The highest BCUT2D eigenvalue weighted by atomic mass is 16.5. The summed E-state index contributed by atoms with van der Waals surface area (Å²) in [4.78, 5) is 0. The highest BCUT2D eigenvalue weighted by Crippen LogP contribution is 2.15. The molecule has 0 unspecified atom stereocenters. The van der Waals surface area contributed by atoms with Crippen LogP contribution in [-0.4, -0.2) is 10.9 Å². The quantitative estimate of drug-likeness (QED) is 0.661. The normalized spacial score (nSPS) is 11.6. The molecular formula is C14H17N3O. The molecule has 0 atom stereocenters. The molecule has 0 spiro atoms. The van der Waals surface area contributed by atoms with Gasteiger partial charge in [0.05, 0.1) is 22.7 Å². The van der Waals surface area contributed by atoms with Gasteiger partial charge in [0.25, 0.3) is 0 Å². The maximum absolute atomic E-state index is 5.20. The van der Waals surface area contributed by atoms with Gasteiger partial charge >= 0.3 is 0 Å². The predicted molar refractivity (Wildman–Crippen MR) is 72.9 cm³/mol. The minimum absolute atomic E-state index is 0.808. The monoisotopic (exact) mass is 243 g/mol. The van der Waals surface area contributed by atoms with Crippen molar-refractivity contribution in [2.75, 3.05) is 5.43 Å². The average Bonchev–Trinajstić information content (AvgIpc) is 2.78. The zero-order valence-electron chi connectivity index (χ0n) is 10.9. The van der Waals surface area contributed by atoms with Crippen LogP contribution in [0, 0.1) is 6.92 Å². The SMILES string of the molecule is CCc1noc(C)c1/C(C)=N/Nc1ccccc1. The van der Waals surface area contributed by atoms with Crippen LogP contribution >= 0.6 is 0 Å². The van der Waals surface area contributed by atoms with Crippen molar-refractivity contribution in [3.8, 4) is 0 Å². The molecule has 1 heterocycles. The molecule has 94 valence electrons. The van der Waals surface area contributed by atoms with E-state index in [1.54, 1.807) is 0 Å². The third-order valence-electron chi connectivity index (χ3n) is 2.76. The van der Waals surface area contributed by atoms with Crippen molar-refractivity contribution >= 4 is 11.4 Å². The van der Waals surface area contributed by atoms with Crippen LogP contribution in [0.15, 0.2) is 40.0 Å². The first-order valence-electron chi connectivity index (χ1n) is 6.03. The summed E-state index contributed by atoms with van der Waals surface area (Å²) in [5.41, 5.74) is 6.82. The van der Waals surface area contributed by atoms with E-state index >= 15 is 0 Å². The summed E-state index contributed by atoms with van der Waals surface area (Å²) in [5, 5.41) is 8.40. The highest BCUT2D eigenvalue weighted by Gasteiger charge is 2.13. The van der Waals surface area contributed by atoms with Crippen molar-refractivity contribution in [3.05, 3.63) is 47.3 Å². The maximum Gasteiger partial charge on any atom is 0.143 e. The lowest BCUT2D eigenvalue weighted by Crippen LogP contribution is -2.03. The van der Waals surface area contributed by atoms with Crippen molar-refractivity contribution in [3.63, 3.8) is 0 Å². The van der Waals surface area contributed by atoms with Crippen LogP contribution < -0.4 is 5.43 Å². The average molecular weight is 243 g/mol. The Labute approximate surface area is 107 Å². The van der Waals surface area contributed by atoms with E-state index in [2.05, 4.69) is 22.6 Å². The second-order valence-corrected chi connectivity index (χ2v) is 4.09. The minimum atomic E-state index is 0.808. The second kappa shape index (κ2) is 5.49. The van der Waals surface area contributed by atoms with Gasteiger partial charge < -0.3 is 4.52 Å². The van der Waals surface area contributed by atoms with Gasteiger partial charge in [-0.2, -0.15) is 5.10 Å². The fourth-order valence-electron chi connectivity index (χ4n) is 1.84. The van der Waals surface area contributed by atoms with Gasteiger partial charge in [0.2, 0.25) is 0 Å². The zero-order chi connectivity index (χ0) is 13.0. The van der Waals surface area contributed by atoms with Gasteiger partial charge in [-0.3, -0.25) is 5.43 Å². The van der Waals surface area contributed by atoms with Crippen LogP contribution in [0.4, 0.5) is 5.69 Å². The summed E-state index contributed by atoms with van der Waals surface area (Å²) in [5.74, 6) is 0.808. The number of hydrogen-bond donors (Lipinski definition) is 1. The van der Waals surface area contributed by atoms with E-state index in [-0.39, 0.29) is 0 Å². The zero-order valence-corrected chi connectivity index (χ0v) is 10.9. The molecule has 0 saturated carbocycles. The van der Waals surface area contributed by atoms with Crippen molar-refractivity contribution in [2.24, 2.45) is 5.10 Å². The Bertz CT molecular complexity index is 543. The van der Waals surface area contributed by atoms with Gasteiger partial charge in [-0.05, 0) is 32.4 Å².